The summed E-state index contributed by atoms with van der Waals surface area (Å²) in [5.74, 6) is -2.81. The average Bonchev–Trinajstić information content (AvgIpc) is 2.69. The zero-order valence-electron chi connectivity index (χ0n) is 18.7. The number of nitrogens with zero attached hydrogens (tertiary/aromatic N) is 1. The predicted molar refractivity (Wildman–Crippen MR) is 117 cm³/mol. The van der Waals surface area contributed by atoms with Crippen molar-refractivity contribution in [2.45, 2.75) is 90.4 Å². The fourth-order valence-electron chi connectivity index (χ4n) is 3.64. The molecule has 0 aliphatic rings. The largest absolute Gasteiger partial charge is 0.481 e. The lowest BCUT2D eigenvalue weighted by atomic mass is 10.1. The minimum Gasteiger partial charge on any atom is -0.481 e. The second-order valence-corrected chi connectivity index (χ2v) is 8.19. The standard InChI is InChI=1S/C23H41NO6/c1-2-3-4-5-6-7-8-9-10-11-12-13-17-24(18-14-21(25)26,19-15-22(27)28)20-16-23(29)30/h5-6H,2-4,7-20H2,1H3,(H2-,25,26,27,28,29,30)/p+1/b6-5+. The Balaban J connectivity index is 4.36. The summed E-state index contributed by atoms with van der Waals surface area (Å²) in [7, 11) is 0. The van der Waals surface area contributed by atoms with E-state index in [1.807, 2.05) is 0 Å². The van der Waals surface area contributed by atoms with Gasteiger partial charge in [-0.2, -0.15) is 0 Å². The molecule has 0 aromatic rings. The van der Waals surface area contributed by atoms with Crippen molar-refractivity contribution >= 4 is 17.9 Å². The second-order valence-electron chi connectivity index (χ2n) is 8.19. The number of hydrogen-bond acceptors (Lipinski definition) is 3. The van der Waals surface area contributed by atoms with Crippen LogP contribution in [-0.4, -0.2) is 63.9 Å². The van der Waals surface area contributed by atoms with Gasteiger partial charge >= 0.3 is 17.9 Å². The molecule has 0 rings (SSSR count). The van der Waals surface area contributed by atoms with Crippen molar-refractivity contribution < 1.29 is 34.2 Å². The molecule has 0 aromatic heterocycles. The Hall–Kier alpha value is -1.89. The van der Waals surface area contributed by atoms with Crippen LogP contribution < -0.4 is 0 Å². The highest BCUT2D eigenvalue weighted by Gasteiger charge is 2.29. The van der Waals surface area contributed by atoms with E-state index >= 15 is 0 Å². The van der Waals surface area contributed by atoms with E-state index in [0.717, 1.165) is 32.1 Å². The molecule has 0 aliphatic carbocycles. The molecular formula is C23H42NO6+. The molecule has 0 radical (unpaired) electrons. The van der Waals surface area contributed by atoms with Gasteiger partial charge in [0, 0.05) is 0 Å². The van der Waals surface area contributed by atoms with Crippen molar-refractivity contribution in [2.24, 2.45) is 0 Å². The molecule has 30 heavy (non-hydrogen) atoms. The van der Waals surface area contributed by atoms with E-state index in [-0.39, 0.29) is 43.4 Å². The first-order valence-corrected chi connectivity index (χ1v) is 11.5. The first-order chi connectivity index (χ1) is 14.3. The van der Waals surface area contributed by atoms with Crippen LogP contribution in [0.4, 0.5) is 0 Å². The third kappa shape index (κ3) is 17.0. The summed E-state index contributed by atoms with van der Waals surface area (Å²) in [5.41, 5.74) is 0. The maximum atomic E-state index is 11.0. The molecule has 0 heterocycles. The van der Waals surface area contributed by atoms with Crippen LogP contribution in [0.2, 0.25) is 0 Å². The van der Waals surface area contributed by atoms with E-state index in [2.05, 4.69) is 19.1 Å². The molecular weight excluding hydrogens is 386 g/mol. The molecule has 3 N–H and O–H groups in total. The van der Waals surface area contributed by atoms with Crippen molar-refractivity contribution in [1.82, 2.24) is 0 Å². The molecule has 0 saturated carbocycles. The lowest BCUT2D eigenvalue weighted by Crippen LogP contribution is -2.52. The van der Waals surface area contributed by atoms with Crippen molar-refractivity contribution in [3.63, 3.8) is 0 Å². The molecule has 0 amide bonds. The zero-order valence-corrected chi connectivity index (χ0v) is 18.7. The number of allylic oxidation sites excluding steroid dienone is 2. The molecule has 7 heteroatoms. The van der Waals surface area contributed by atoms with Gasteiger partial charge in [0.15, 0.2) is 0 Å². The van der Waals surface area contributed by atoms with Gasteiger partial charge in [0.1, 0.15) is 0 Å². The first kappa shape index (κ1) is 28.1. The molecule has 0 aliphatic heterocycles. The highest BCUT2D eigenvalue weighted by Crippen LogP contribution is 2.16. The lowest BCUT2D eigenvalue weighted by Gasteiger charge is -2.38. The van der Waals surface area contributed by atoms with Crippen LogP contribution in [0, 0.1) is 0 Å². The van der Waals surface area contributed by atoms with Crippen LogP contribution in [-0.2, 0) is 14.4 Å². The van der Waals surface area contributed by atoms with Gasteiger partial charge in [-0.3, -0.25) is 14.4 Å². The Morgan fingerprint density at radius 1 is 0.600 bits per heavy atom. The average molecular weight is 429 g/mol. The fraction of sp³-hybridized carbons (Fsp3) is 0.783. The van der Waals surface area contributed by atoms with Crippen molar-refractivity contribution in [1.29, 1.82) is 0 Å². The molecule has 0 aromatic carbocycles. The lowest BCUT2D eigenvalue weighted by molar-refractivity contribution is -0.927. The van der Waals surface area contributed by atoms with Gasteiger partial charge in [-0.1, -0.05) is 51.2 Å². The summed E-state index contributed by atoms with van der Waals surface area (Å²) in [6, 6.07) is 0. The van der Waals surface area contributed by atoms with Crippen molar-refractivity contribution in [3.8, 4) is 0 Å². The minimum atomic E-state index is -0.938. The molecule has 7 nitrogen and oxygen atoms in total. The van der Waals surface area contributed by atoms with E-state index in [1.54, 1.807) is 0 Å². The molecule has 0 fully saturated rings. The van der Waals surface area contributed by atoms with E-state index in [0.29, 0.717) is 6.54 Å². The van der Waals surface area contributed by atoms with Crippen molar-refractivity contribution in [2.75, 3.05) is 26.2 Å². The highest BCUT2D eigenvalue weighted by atomic mass is 16.4. The number of carbonyl (C=O) groups is 3. The van der Waals surface area contributed by atoms with Gasteiger partial charge in [-0.25, -0.2) is 0 Å². The summed E-state index contributed by atoms with van der Waals surface area (Å²) >= 11 is 0. The highest BCUT2D eigenvalue weighted by molar-refractivity contribution is 5.67. The predicted octanol–water partition coefficient (Wildman–Crippen LogP) is 4.70. The first-order valence-electron chi connectivity index (χ1n) is 11.5. The second kappa shape index (κ2) is 17.9. The van der Waals surface area contributed by atoms with Gasteiger partial charge in [0.05, 0.1) is 45.4 Å². The number of carboxylic acids is 3. The van der Waals surface area contributed by atoms with Gasteiger partial charge in [-0.05, 0) is 32.1 Å². The quantitative estimate of drug-likeness (QED) is 0.139. The van der Waals surface area contributed by atoms with Crippen LogP contribution in [0.5, 0.6) is 0 Å². The molecule has 0 saturated heterocycles. The molecule has 0 bridgehead atoms. The Bertz CT molecular complexity index is 472. The third-order valence-corrected chi connectivity index (χ3v) is 5.54. The monoisotopic (exact) mass is 428 g/mol. The number of aliphatic carboxylic acids is 3. The summed E-state index contributed by atoms with van der Waals surface area (Å²) in [6.45, 7) is 3.66. The number of unbranched alkanes of at least 4 members (excludes halogenated alkanes) is 8. The van der Waals surface area contributed by atoms with E-state index < -0.39 is 17.9 Å². The molecule has 174 valence electrons. The maximum Gasteiger partial charge on any atom is 0.309 e. The van der Waals surface area contributed by atoms with Gasteiger partial charge in [-0.15, -0.1) is 0 Å². The van der Waals surface area contributed by atoms with Crippen LogP contribution >= 0.6 is 0 Å². The van der Waals surface area contributed by atoms with Gasteiger partial charge < -0.3 is 19.8 Å². The summed E-state index contributed by atoms with van der Waals surface area (Å²) in [4.78, 5) is 33.1. The topological polar surface area (TPSA) is 112 Å². The summed E-state index contributed by atoms with van der Waals surface area (Å²) < 4.78 is 0.257. The Morgan fingerprint density at radius 2 is 1.00 bits per heavy atom. The van der Waals surface area contributed by atoms with Crippen LogP contribution in [0.3, 0.4) is 0 Å². The van der Waals surface area contributed by atoms with Crippen LogP contribution in [0.15, 0.2) is 12.2 Å². The normalized spacial score (nSPS) is 11.8. The SMILES string of the molecule is CCCC/C=C/CCCCCCCC[N+](CCC(=O)O)(CCC(=O)O)CCC(=O)O. The van der Waals surface area contributed by atoms with Crippen LogP contribution in [0.1, 0.15) is 90.4 Å². The Morgan fingerprint density at radius 3 is 1.43 bits per heavy atom. The molecule has 0 atom stereocenters. The number of rotatable bonds is 21. The van der Waals surface area contributed by atoms with E-state index in [1.165, 1.54) is 32.1 Å². The Labute approximate surface area is 181 Å². The smallest absolute Gasteiger partial charge is 0.309 e. The van der Waals surface area contributed by atoms with E-state index in [4.69, 9.17) is 15.3 Å². The molecule has 0 unspecified atom stereocenters. The van der Waals surface area contributed by atoms with Gasteiger partial charge in [0.25, 0.3) is 0 Å². The maximum absolute atomic E-state index is 11.0. The minimum absolute atomic E-state index is 0.0784. The number of quaternary nitrogens is 1. The van der Waals surface area contributed by atoms with Crippen molar-refractivity contribution in [3.05, 3.63) is 12.2 Å². The van der Waals surface area contributed by atoms with Crippen LogP contribution in [0.25, 0.3) is 0 Å². The van der Waals surface area contributed by atoms with E-state index in [9.17, 15) is 14.4 Å². The third-order valence-electron chi connectivity index (χ3n) is 5.54. The number of carboxylic acid groups (broad SMARTS) is 3. The fourth-order valence-corrected chi connectivity index (χ4v) is 3.64. The van der Waals surface area contributed by atoms with Gasteiger partial charge in [0.2, 0.25) is 0 Å². The summed E-state index contributed by atoms with van der Waals surface area (Å²) in [6.07, 6.45) is 15.6. The molecule has 0 spiro atoms. The Kier molecular flexibility index (Phi) is 16.8. The number of hydrogen-bond donors (Lipinski definition) is 3. The zero-order chi connectivity index (χ0) is 22.7. The summed E-state index contributed by atoms with van der Waals surface area (Å²) in [5, 5.41) is 27.2.